The molecule has 1 heterocycles. The Balaban J connectivity index is 1.87. The second-order valence-corrected chi connectivity index (χ2v) is 8.78. The first-order valence-corrected chi connectivity index (χ1v) is 11.3. The standard InChI is InChI=1S/C22H21IN2O5S/c1-4-9-30-19-16(23)10-13(11-17(19)29-3)12-18-20(26)25(2)22(31-18)24-15-7-5-14(6-8-15)21(27)28/h5-8,10-12H,4,9H2,1-3H3,(H,27,28)/b18-12+,24-22?. The van der Waals surface area contributed by atoms with E-state index < -0.39 is 5.97 Å². The van der Waals surface area contributed by atoms with Crippen LogP contribution in [0, 0.1) is 3.57 Å². The van der Waals surface area contributed by atoms with Crippen molar-refractivity contribution in [3.05, 3.63) is 56.0 Å². The largest absolute Gasteiger partial charge is 0.493 e. The van der Waals surface area contributed by atoms with Crippen LogP contribution in [0.3, 0.4) is 0 Å². The lowest BCUT2D eigenvalue weighted by molar-refractivity contribution is -0.121. The molecule has 2 aromatic rings. The third kappa shape index (κ3) is 5.40. The molecule has 9 heteroatoms. The van der Waals surface area contributed by atoms with Crippen LogP contribution in [0.5, 0.6) is 11.5 Å². The minimum absolute atomic E-state index is 0.161. The highest BCUT2D eigenvalue weighted by Crippen LogP contribution is 2.37. The molecular formula is C22H21IN2O5S. The molecule has 0 aliphatic carbocycles. The number of thioether (sulfide) groups is 1. The highest BCUT2D eigenvalue weighted by atomic mass is 127. The Kier molecular flexibility index (Phi) is 7.60. The summed E-state index contributed by atoms with van der Waals surface area (Å²) in [6.07, 6.45) is 2.69. The first kappa shape index (κ1) is 23.1. The summed E-state index contributed by atoms with van der Waals surface area (Å²) in [5, 5.41) is 9.53. The molecule has 162 valence electrons. The highest BCUT2D eigenvalue weighted by Gasteiger charge is 2.30. The molecule has 0 atom stereocenters. The zero-order chi connectivity index (χ0) is 22.5. The number of hydrogen-bond donors (Lipinski definition) is 1. The molecule has 1 saturated heterocycles. The maximum Gasteiger partial charge on any atom is 0.335 e. The molecule has 0 unspecified atom stereocenters. The molecule has 0 radical (unpaired) electrons. The van der Waals surface area contributed by atoms with Gasteiger partial charge in [-0.1, -0.05) is 6.92 Å². The zero-order valence-electron chi connectivity index (χ0n) is 17.2. The maximum absolute atomic E-state index is 12.7. The average Bonchev–Trinajstić information content (AvgIpc) is 3.00. The second-order valence-electron chi connectivity index (χ2n) is 6.60. The van der Waals surface area contributed by atoms with Crippen molar-refractivity contribution in [2.75, 3.05) is 20.8 Å². The number of likely N-dealkylation sites (N-methyl/N-ethyl adjacent to an activating group) is 1. The Morgan fingerprint density at radius 2 is 2.00 bits per heavy atom. The van der Waals surface area contributed by atoms with E-state index in [9.17, 15) is 9.59 Å². The fraction of sp³-hybridized carbons (Fsp3) is 0.227. The van der Waals surface area contributed by atoms with Gasteiger partial charge < -0.3 is 14.6 Å². The number of carboxylic acids is 1. The Labute approximate surface area is 198 Å². The summed E-state index contributed by atoms with van der Waals surface area (Å²) in [6.45, 7) is 2.64. The number of aliphatic imine (C=N–C) groups is 1. The van der Waals surface area contributed by atoms with Gasteiger partial charge in [-0.05, 0) is 88.8 Å². The van der Waals surface area contributed by atoms with Crippen molar-refractivity contribution in [2.24, 2.45) is 4.99 Å². The number of carbonyl (C=O) groups excluding carboxylic acids is 1. The van der Waals surface area contributed by atoms with E-state index in [4.69, 9.17) is 14.6 Å². The number of amides is 1. The number of nitrogens with zero attached hydrogens (tertiary/aromatic N) is 2. The number of carboxylic acid groups (broad SMARTS) is 1. The molecule has 1 N–H and O–H groups in total. The van der Waals surface area contributed by atoms with Gasteiger partial charge >= 0.3 is 5.97 Å². The van der Waals surface area contributed by atoms with Crippen LogP contribution in [0.25, 0.3) is 6.08 Å². The van der Waals surface area contributed by atoms with Crippen LogP contribution in [-0.2, 0) is 4.79 Å². The van der Waals surface area contributed by atoms with Crippen LogP contribution in [0.2, 0.25) is 0 Å². The summed E-state index contributed by atoms with van der Waals surface area (Å²) in [4.78, 5) is 30.2. The van der Waals surface area contributed by atoms with Crippen molar-refractivity contribution in [1.29, 1.82) is 0 Å². The predicted molar refractivity (Wildman–Crippen MR) is 130 cm³/mol. The number of methoxy groups -OCH3 is 1. The van der Waals surface area contributed by atoms with Crippen molar-refractivity contribution in [3.63, 3.8) is 0 Å². The van der Waals surface area contributed by atoms with E-state index in [-0.39, 0.29) is 11.5 Å². The van der Waals surface area contributed by atoms with Gasteiger partial charge in [-0.15, -0.1) is 0 Å². The van der Waals surface area contributed by atoms with E-state index >= 15 is 0 Å². The van der Waals surface area contributed by atoms with Crippen molar-refractivity contribution < 1.29 is 24.2 Å². The number of hydrogen-bond acceptors (Lipinski definition) is 6. The average molecular weight is 552 g/mol. The van der Waals surface area contributed by atoms with Gasteiger partial charge in [0.05, 0.1) is 33.4 Å². The normalized spacial score (nSPS) is 16.3. The van der Waals surface area contributed by atoms with Crippen molar-refractivity contribution in [3.8, 4) is 11.5 Å². The van der Waals surface area contributed by atoms with Gasteiger partial charge in [0.1, 0.15) is 0 Å². The van der Waals surface area contributed by atoms with Crippen molar-refractivity contribution in [2.45, 2.75) is 13.3 Å². The van der Waals surface area contributed by atoms with E-state index in [2.05, 4.69) is 27.6 Å². The minimum atomic E-state index is -0.997. The molecular weight excluding hydrogens is 531 g/mol. The third-order valence-electron chi connectivity index (χ3n) is 4.34. The Morgan fingerprint density at radius 3 is 2.61 bits per heavy atom. The zero-order valence-corrected chi connectivity index (χ0v) is 20.2. The first-order valence-electron chi connectivity index (χ1n) is 9.44. The lowest BCUT2D eigenvalue weighted by Gasteiger charge is -2.13. The number of amidine groups is 1. The third-order valence-corrected chi connectivity index (χ3v) is 6.20. The quantitative estimate of drug-likeness (QED) is 0.384. The van der Waals surface area contributed by atoms with Gasteiger partial charge in [0, 0.05) is 7.05 Å². The number of carbonyl (C=O) groups is 2. The molecule has 1 amide bonds. The van der Waals surface area contributed by atoms with E-state index in [1.54, 1.807) is 32.4 Å². The van der Waals surface area contributed by atoms with Crippen LogP contribution < -0.4 is 9.47 Å². The van der Waals surface area contributed by atoms with Crippen molar-refractivity contribution in [1.82, 2.24) is 4.90 Å². The van der Waals surface area contributed by atoms with Crippen molar-refractivity contribution >= 4 is 63.2 Å². The number of benzene rings is 2. The lowest BCUT2D eigenvalue weighted by Crippen LogP contribution is -2.23. The SMILES string of the molecule is CCCOc1c(I)cc(/C=C2/SC(=Nc3ccc(C(=O)O)cc3)N(C)C2=O)cc1OC. The highest BCUT2D eigenvalue weighted by molar-refractivity contribution is 14.1. The van der Waals surface area contributed by atoms with Gasteiger partial charge in [0.25, 0.3) is 5.91 Å². The summed E-state index contributed by atoms with van der Waals surface area (Å²) in [6, 6.07) is 9.97. The minimum Gasteiger partial charge on any atom is -0.493 e. The second kappa shape index (κ2) is 10.2. The molecule has 1 aliphatic heterocycles. The maximum atomic E-state index is 12.7. The Morgan fingerprint density at radius 1 is 1.29 bits per heavy atom. The molecule has 0 saturated carbocycles. The van der Waals surface area contributed by atoms with E-state index in [1.807, 2.05) is 19.1 Å². The molecule has 0 bridgehead atoms. The van der Waals surface area contributed by atoms with Crippen LogP contribution in [0.4, 0.5) is 5.69 Å². The Hall–Kier alpha value is -2.53. The number of ether oxygens (including phenoxy) is 2. The molecule has 1 aliphatic rings. The number of aromatic carboxylic acids is 1. The van der Waals surface area contributed by atoms with E-state index in [0.717, 1.165) is 15.6 Å². The number of rotatable bonds is 7. The van der Waals surface area contributed by atoms with Gasteiger partial charge in [-0.25, -0.2) is 9.79 Å². The molecule has 0 spiro atoms. The fourth-order valence-corrected chi connectivity index (χ4v) is 4.53. The first-order chi connectivity index (χ1) is 14.8. The van der Waals surface area contributed by atoms with Crippen LogP contribution in [-0.4, -0.2) is 47.8 Å². The topological polar surface area (TPSA) is 88.4 Å². The molecule has 0 aromatic heterocycles. The summed E-state index contributed by atoms with van der Waals surface area (Å²) >= 11 is 3.46. The molecule has 7 nitrogen and oxygen atoms in total. The van der Waals surface area contributed by atoms with Crippen LogP contribution in [0.1, 0.15) is 29.3 Å². The molecule has 31 heavy (non-hydrogen) atoms. The Bertz CT molecular complexity index is 1070. The monoisotopic (exact) mass is 552 g/mol. The fourth-order valence-electron chi connectivity index (χ4n) is 2.76. The summed E-state index contributed by atoms with van der Waals surface area (Å²) < 4.78 is 12.2. The van der Waals surface area contributed by atoms with E-state index in [1.165, 1.54) is 28.8 Å². The van der Waals surface area contributed by atoms with Gasteiger partial charge in [0.15, 0.2) is 16.7 Å². The van der Waals surface area contributed by atoms with Crippen LogP contribution >= 0.6 is 34.4 Å². The van der Waals surface area contributed by atoms with Gasteiger partial charge in [-0.2, -0.15) is 0 Å². The smallest absolute Gasteiger partial charge is 0.335 e. The summed E-state index contributed by atoms with van der Waals surface area (Å²) in [5.41, 5.74) is 1.58. The molecule has 3 rings (SSSR count). The number of halogens is 1. The summed E-state index contributed by atoms with van der Waals surface area (Å²) in [5.74, 6) is 0.152. The van der Waals surface area contributed by atoms with E-state index in [0.29, 0.717) is 33.9 Å². The van der Waals surface area contributed by atoms with Crippen LogP contribution in [0.15, 0.2) is 46.3 Å². The van der Waals surface area contributed by atoms with Gasteiger partial charge in [0.2, 0.25) is 0 Å². The lowest BCUT2D eigenvalue weighted by atomic mass is 10.2. The molecule has 2 aromatic carbocycles. The summed E-state index contributed by atoms with van der Waals surface area (Å²) in [7, 11) is 3.25. The van der Waals surface area contributed by atoms with Gasteiger partial charge in [-0.3, -0.25) is 9.69 Å². The predicted octanol–water partition coefficient (Wildman–Crippen LogP) is 5.02. The molecule has 1 fully saturated rings.